The zero-order chi connectivity index (χ0) is 42.4. The van der Waals surface area contributed by atoms with Crippen LogP contribution in [-0.4, -0.2) is 3.21 Å². The molecule has 5 fully saturated rings. The summed E-state index contributed by atoms with van der Waals surface area (Å²) in [6.07, 6.45) is 23.6. The van der Waals surface area contributed by atoms with Gasteiger partial charge in [0.25, 0.3) is 0 Å². The Morgan fingerprint density at radius 2 is 1.24 bits per heavy atom. The van der Waals surface area contributed by atoms with Gasteiger partial charge in [0.05, 0.1) is 0 Å². The molecule has 12 rings (SSSR count). The van der Waals surface area contributed by atoms with Crippen LogP contribution in [0.3, 0.4) is 0 Å². The van der Waals surface area contributed by atoms with Gasteiger partial charge in [0.1, 0.15) is 0 Å². The quantitative estimate of drug-likeness (QED) is 0.230. The van der Waals surface area contributed by atoms with Crippen LogP contribution in [0.4, 0.5) is 0 Å². The topological polar surface area (TPSA) is 0 Å². The van der Waals surface area contributed by atoms with E-state index in [1.54, 1.807) is 47.5 Å². The van der Waals surface area contributed by atoms with Gasteiger partial charge >= 0.3 is 99.2 Å². The number of halogens is 2. The summed E-state index contributed by atoms with van der Waals surface area (Å²) in [6.45, 7) is 24.9. The van der Waals surface area contributed by atoms with Crippen molar-refractivity contribution in [2.24, 2.45) is 69.0 Å². The van der Waals surface area contributed by atoms with E-state index in [4.69, 9.17) is 0 Å². The van der Waals surface area contributed by atoms with E-state index in [0.717, 1.165) is 24.2 Å². The van der Waals surface area contributed by atoms with E-state index in [-0.39, 0.29) is 35.6 Å². The zero-order valence-corrected chi connectivity index (χ0v) is 43.2. The van der Waals surface area contributed by atoms with Crippen molar-refractivity contribution in [2.75, 3.05) is 0 Å². The number of rotatable bonds is 3. The second kappa shape index (κ2) is 17.7. The van der Waals surface area contributed by atoms with E-state index < -0.39 is 0 Å². The molecule has 0 amide bonds. The minimum absolute atomic E-state index is 0. The monoisotopic (exact) mass is 938 g/mol. The summed E-state index contributed by atoms with van der Waals surface area (Å²) in [4.78, 5) is 0. The van der Waals surface area contributed by atoms with Crippen LogP contribution in [0.15, 0.2) is 132 Å². The number of hydrogen-bond acceptors (Lipinski definition) is 0. The molecule has 0 aliphatic heterocycles. The molecule has 3 aromatic carbocycles. The average Bonchev–Trinajstić information content (AvgIpc) is 3.81. The molecule has 9 aliphatic carbocycles. The van der Waals surface area contributed by atoms with Crippen molar-refractivity contribution < 1.29 is 49.0 Å². The molecular weight excluding hydrogens is 871 g/mol. The molecule has 3 heteroatoms. The molecule has 62 heavy (non-hydrogen) atoms. The second-order valence-corrected chi connectivity index (χ2v) is 22.9. The molecule has 0 nitrogen and oxygen atoms in total. The molecule has 0 saturated heterocycles. The second-order valence-electron chi connectivity index (χ2n) is 21.7. The molecule has 0 radical (unpaired) electrons. The van der Waals surface area contributed by atoms with E-state index in [9.17, 15) is 0 Å². The van der Waals surface area contributed by atoms with Crippen LogP contribution in [0.25, 0.3) is 5.57 Å². The minimum atomic E-state index is 0. The summed E-state index contributed by atoms with van der Waals surface area (Å²) in [5.74, 6) is 8.09. The van der Waals surface area contributed by atoms with Crippen LogP contribution < -0.4 is 24.8 Å². The molecule has 0 spiro atoms. The predicted molar refractivity (Wildman–Crippen MR) is 251 cm³/mol. The third-order valence-corrected chi connectivity index (χ3v) is 20.4. The maximum absolute atomic E-state index is 3.47. The first-order valence-electron chi connectivity index (χ1n) is 23.7. The van der Waals surface area contributed by atoms with E-state index >= 15 is 0 Å². The molecule has 8 unspecified atom stereocenters. The first kappa shape index (κ1) is 47.5. The SMILES string of the molecule is CC1=CC(C)(C23CC4CC(CC(C4)C2)C3)C=[C-]1.C[C-]1C2=C3Cc4ccccc4C3=C3C=CC(C)C(C)C3(C)C2(C)C(C)C(C)C1C.[Cl-].[Cl-].[Zr+2]=[C](c1ccccc1)c1ccccc1. The number of fused-ring (bicyclic) bond motifs is 6. The van der Waals surface area contributed by atoms with Crippen LogP contribution in [0.5, 0.6) is 0 Å². The summed E-state index contributed by atoms with van der Waals surface area (Å²) < 4.78 is 1.42. The van der Waals surface area contributed by atoms with Crippen LogP contribution >= 0.6 is 0 Å². The van der Waals surface area contributed by atoms with Crippen molar-refractivity contribution in [3.63, 3.8) is 0 Å². The molecule has 8 atom stereocenters. The Morgan fingerprint density at radius 3 is 1.77 bits per heavy atom. The van der Waals surface area contributed by atoms with Gasteiger partial charge in [-0.15, -0.1) is 6.92 Å². The third-order valence-electron chi connectivity index (χ3n) is 18.9. The Hall–Kier alpha value is -2.44. The first-order chi connectivity index (χ1) is 28.6. The summed E-state index contributed by atoms with van der Waals surface area (Å²) in [5, 5.41) is 0. The van der Waals surface area contributed by atoms with Crippen molar-refractivity contribution in [1.82, 2.24) is 0 Å². The fourth-order valence-electron chi connectivity index (χ4n) is 15.1. The van der Waals surface area contributed by atoms with Crippen molar-refractivity contribution in [2.45, 2.75) is 114 Å². The van der Waals surface area contributed by atoms with Gasteiger partial charge in [0.15, 0.2) is 0 Å². The van der Waals surface area contributed by atoms with Gasteiger partial charge in [-0.25, -0.2) is 17.6 Å². The van der Waals surface area contributed by atoms with Crippen molar-refractivity contribution in [3.05, 3.63) is 166 Å². The van der Waals surface area contributed by atoms with Gasteiger partial charge in [-0.3, -0.25) is 6.08 Å². The fraction of sp³-hybridized carbons (Fsp3) is 0.492. The van der Waals surface area contributed by atoms with E-state index in [0.29, 0.717) is 40.4 Å². The normalized spacial score (nSPS) is 37.6. The van der Waals surface area contributed by atoms with Crippen LogP contribution in [0, 0.1) is 81.0 Å². The summed E-state index contributed by atoms with van der Waals surface area (Å²) in [6, 6.07) is 30.3. The van der Waals surface area contributed by atoms with Gasteiger partial charge in [0.2, 0.25) is 0 Å². The molecular formula is C59H70Cl2Zr-2. The van der Waals surface area contributed by atoms with Gasteiger partial charge in [-0.05, 0) is 96.3 Å². The average molecular weight is 941 g/mol. The Balaban J connectivity index is 0.000000149. The molecule has 5 saturated carbocycles. The molecule has 0 aromatic heterocycles. The van der Waals surface area contributed by atoms with E-state index in [1.807, 2.05) is 0 Å². The Morgan fingerprint density at radius 1 is 0.710 bits per heavy atom. The molecule has 326 valence electrons. The molecule has 9 aliphatic rings. The number of benzene rings is 3. The zero-order valence-electron chi connectivity index (χ0n) is 39.2. The standard InChI is InChI=1S/C29H37.C17H23.C13H10.2ClH.Zr/c1-16-13-14-25-26-23-12-10-9-11-22(23)15-24(26)27-19(4)17(2)18(3)21(6)29(27,8)28(25,7)20(16)5;1-12-3-4-16(2,8-12)17-9-13-5-14(10-17)7-15(6-13)11-17;1-3-7-12(8-4-1)11-13-9-5-2-6-10-13;;;/h9-14,16-18,20-21H,15H2,1-8H3;4,8,13-15H,5-7,9-11H2,1-2H3;1-10H;2*1H;/q2*-1;;;;+2/p-2. The Labute approximate surface area is 403 Å². The van der Waals surface area contributed by atoms with E-state index in [2.05, 4.69) is 185 Å². The van der Waals surface area contributed by atoms with E-state index in [1.165, 1.54) is 74.5 Å². The van der Waals surface area contributed by atoms with Gasteiger partial charge in [0, 0.05) is 5.41 Å². The van der Waals surface area contributed by atoms with Crippen molar-refractivity contribution >= 4 is 8.78 Å². The molecule has 3 aromatic rings. The molecule has 0 heterocycles. The van der Waals surface area contributed by atoms with Gasteiger partial charge in [-0.1, -0.05) is 133 Å². The Bertz CT molecular complexity index is 2230. The van der Waals surface area contributed by atoms with Crippen LogP contribution in [0.1, 0.15) is 130 Å². The first-order valence-corrected chi connectivity index (χ1v) is 24.9. The van der Waals surface area contributed by atoms with Crippen LogP contribution in [0.2, 0.25) is 0 Å². The van der Waals surface area contributed by atoms with Gasteiger partial charge in [-0.2, -0.15) is 17.2 Å². The van der Waals surface area contributed by atoms with Gasteiger partial charge < -0.3 is 24.8 Å². The predicted octanol–water partition coefficient (Wildman–Crippen LogP) is 9.02. The van der Waals surface area contributed by atoms with Crippen LogP contribution in [-0.2, 0) is 30.7 Å². The molecule has 4 bridgehead atoms. The Kier molecular flexibility index (Phi) is 13.6. The van der Waals surface area contributed by atoms with Crippen molar-refractivity contribution in [3.8, 4) is 0 Å². The van der Waals surface area contributed by atoms with Crippen molar-refractivity contribution in [1.29, 1.82) is 0 Å². The summed E-state index contributed by atoms with van der Waals surface area (Å²) >= 11 is 1.46. The fourth-order valence-corrected chi connectivity index (χ4v) is 15.9. The summed E-state index contributed by atoms with van der Waals surface area (Å²) in [5.41, 5.74) is 14.9. The summed E-state index contributed by atoms with van der Waals surface area (Å²) in [7, 11) is 0. The number of allylic oxidation sites excluding steroid dienone is 10. The third kappa shape index (κ3) is 7.42. The molecule has 0 N–H and O–H groups in total. The number of hydrogen-bond donors (Lipinski definition) is 0. The maximum atomic E-state index is 3.47.